The summed E-state index contributed by atoms with van der Waals surface area (Å²) in [4.78, 5) is 37.3. The second kappa shape index (κ2) is 8.54. The average molecular weight is 510 g/mol. The van der Waals surface area contributed by atoms with Gasteiger partial charge in [-0.3, -0.25) is 14.6 Å². The van der Waals surface area contributed by atoms with E-state index in [1.807, 2.05) is 18.0 Å². The zero-order chi connectivity index (χ0) is 23.9. The Labute approximate surface area is 200 Å². The maximum atomic E-state index is 12.3. The number of ether oxygens (including phenoxy) is 1. The van der Waals surface area contributed by atoms with Gasteiger partial charge in [0.1, 0.15) is 0 Å². The maximum Gasteiger partial charge on any atom is 0.349 e. The molecule has 1 unspecified atom stereocenters. The van der Waals surface area contributed by atoms with E-state index in [4.69, 9.17) is 45.3 Å². The van der Waals surface area contributed by atoms with Gasteiger partial charge in [-0.1, -0.05) is 41.4 Å². The molecule has 0 amide bonds. The van der Waals surface area contributed by atoms with Gasteiger partial charge in [-0.15, -0.1) is 21.8 Å². The molecule has 1 atom stereocenters. The molecule has 0 saturated heterocycles. The molecular formula is C20H15Cl3N6O4. The minimum absolute atomic E-state index is 0.0127. The van der Waals surface area contributed by atoms with Crippen LogP contribution >= 0.6 is 34.8 Å². The maximum absolute atomic E-state index is 12.3. The Morgan fingerprint density at radius 1 is 1.15 bits per heavy atom. The molecule has 1 aromatic carbocycles. The lowest BCUT2D eigenvalue weighted by molar-refractivity contribution is 0.454. The molecule has 33 heavy (non-hydrogen) atoms. The number of aromatic amines is 2. The number of allylic oxidation sites excluding steroid dienone is 4. The number of hydrogen-bond acceptors (Lipinski definition) is 7. The van der Waals surface area contributed by atoms with Gasteiger partial charge in [0, 0.05) is 11.6 Å². The van der Waals surface area contributed by atoms with Gasteiger partial charge < -0.3 is 10.5 Å². The number of hydrogen-bond donors (Lipinski definition) is 3. The zero-order valence-electron chi connectivity index (χ0n) is 16.9. The van der Waals surface area contributed by atoms with E-state index >= 15 is 0 Å². The fourth-order valence-corrected chi connectivity index (χ4v) is 3.95. The van der Waals surface area contributed by atoms with Gasteiger partial charge in [0.15, 0.2) is 5.75 Å². The normalized spacial score (nSPS) is 17.6. The second-order valence-corrected chi connectivity index (χ2v) is 9.03. The predicted octanol–water partition coefficient (Wildman–Crippen LogP) is 3.03. The first-order chi connectivity index (χ1) is 15.5. The Morgan fingerprint density at radius 2 is 1.85 bits per heavy atom. The molecule has 0 aliphatic heterocycles. The Hall–Kier alpha value is -3.34. The third-order valence-electron chi connectivity index (χ3n) is 4.69. The highest BCUT2D eigenvalue weighted by molar-refractivity contribution is 6.37. The van der Waals surface area contributed by atoms with E-state index in [1.54, 1.807) is 12.2 Å². The number of nitrogens with zero attached hydrogens (tertiary/aromatic N) is 3. The number of nitrogens with two attached hydrogens (primary N) is 1. The predicted molar refractivity (Wildman–Crippen MR) is 126 cm³/mol. The van der Waals surface area contributed by atoms with Crippen molar-refractivity contribution in [1.29, 1.82) is 0 Å². The Bertz CT molecular complexity index is 1480. The molecule has 0 bridgehead atoms. The molecular weight excluding hydrogens is 495 g/mol. The summed E-state index contributed by atoms with van der Waals surface area (Å²) < 4.78 is 6.56. The summed E-state index contributed by atoms with van der Waals surface area (Å²) in [5.74, 6) is -0.360. The lowest BCUT2D eigenvalue weighted by Crippen LogP contribution is -2.33. The third-order valence-corrected chi connectivity index (χ3v) is 5.51. The van der Waals surface area contributed by atoms with Gasteiger partial charge in [-0.05, 0) is 31.1 Å². The fraction of sp³-hybridized carbons (Fsp3) is 0.150. The molecule has 0 saturated carbocycles. The number of alkyl halides is 1. The van der Waals surface area contributed by atoms with Gasteiger partial charge in [0.05, 0.1) is 20.6 Å². The Kier molecular flexibility index (Phi) is 5.91. The Balaban J connectivity index is 1.70. The summed E-state index contributed by atoms with van der Waals surface area (Å²) in [6.45, 7) is 1.84. The number of rotatable bonds is 4. The standard InChI is InChI=1S/C20H15Cl3N6O4/c1-20(23)4-2-3-9(8-20)11-7-14(26-27-17(11)30)33-15-12(21)5-10(6-13(15)22)29-19(32)25-18(31)16(24)28-29/h2-7H,8H2,1H3,(H2,24,28)(H,27,30)(H,25,31,32). The van der Waals surface area contributed by atoms with Crippen LogP contribution in [0.5, 0.6) is 11.6 Å². The monoisotopic (exact) mass is 508 g/mol. The lowest BCUT2D eigenvalue weighted by atomic mass is 9.91. The van der Waals surface area contributed by atoms with E-state index in [0.29, 0.717) is 17.6 Å². The van der Waals surface area contributed by atoms with Gasteiger partial charge in [-0.25, -0.2) is 9.89 Å². The van der Waals surface area contributed by atoms with Crippen LogP contribution in [0.3, 0.4) is 0 Å². The second-order valence-electron chi connectivity index (χ2n) is 7.35. The van der Waals surface area contributed by atoms with Crippen molar-refractivity contribution < 1.29 is 4.74 Å². The summed E-state index contributed by atoms with van der Waals surface area (Å²) in [6.07, 6.45) is 5.83. The molecule has 13 heteroatoms. The minimum atomic E-state index is -0.831. The molecule has 4 N–H and O–H groups in total. The van der Waals surface area contributed by atoms with Crippen molar-refractivity contribution in [3.63, 3.8) is 0 Å². The summed E-state index contributed by atoms with van der Waals surface area (Å²) >= 11 is 19.0. The molecule has 2 aromatic heterocycles. The lowest BCUT2D eigenvalue weighted by Gasteiger charge is -2.22. The highest BCUT2D eigenvalue weighted by Gasteiger charge is 2.24. The number of halogens is 3. The zero-order valence-corrected chi connectivity index (χ0v) is 19.1. The van der Waals surface area contributed by atoms with Crippen LogP contribution < -0.4 is 27.3 Å². The highest BCUT2D eigenvalue weighted by atomic mass is 35.5. The number of benzene rings is 1. The van der Waals surface area contributed by atoms with Gasteiger partial charge in [0.25, 0.3) is 11.1 Å². The fourth-order valence-electron chi connectivity index (χ4n) is 3.18. The van der Waals surface area contributed by atoms with Crippen molar-refractivity contribution in [2.45, 2.75) is 18.2 Å². The smallest absolute Gasteiger partial charge is 0.349 e. The summed E-state index contributed by atoms with van der Waals surface area (Å²) in [7, 11) is 0. The Morgan fingerprint density at radius 3 is 2.52 bits per heavy atom. The van der Waals surface area contributed by atoms with Crippen LogP contribution in [-0.2, 0) is 0 Å². The number of H-pyrrole nitrogens is 2. The van der Waals surface area contributed by atoms with E-state index in [0.717, 1.165) is 4.68 Å². The van der Waals surface area contributed by atoms with E-state index in [9.17, 15) is 14.4 Å². The third kappa shape index (κ3) is 4.72. The number of aromatic nitrogens is 5. The van der Waals surface area contributed by atoms with Crippen LogP contribution in [0.25, 0.3) is 11.3 Å². The summed E-state index contributed by atoms with van der Waals surface area (Å²) in [6, 6.07) is 4.13. The van der Waals surface area contributed by atoms with Gasteiger partial charge in [-0.2, -0.15) is 4.68 Å². The first kappa shape index (κ1) is 22.8. The molecule has 1 aliphatic rings. The van der Waals surface area contributed by atoms with Crippen LogP contribution in [0.15, 0.2) is 50.8 Å². The van der Waals surface area contributed by atoms with Crippen molar-refractivity contribution in [2.24, 2.45) is 0 Å². The molecule has 0 radical (unpaired) electrons. The number of nitrogens with one attached hydrogen (secondary N) is 2. The van der Waals surface area contributed by atoms with Gasteiger partial charge in [0.2, 0.25) is 11.7 Å². The summed E-state index contributed by atoms with van der Waals surface area (Å²) in [5, 5.41) is 10.0. The molecule has 1 aliphatic carbocycles. The first-order valence-electron chi connectivity index (χ1n) is 9.38. The molecule has 10 nitrogen and oxygen atoms in total. The van der Waals surface area contributed by atoms with E-state index in [2.05, 4.69) is 15.3 Å². The van der Waals surface area contributed by atoms with E-state index in [1.165, 1.54) is 18.2 Å². The van der Waals surface area contributed by atoms with Crippen molar-refractivity contribution in [1.82, 2.24) is 25.0 Å². The molecule has 3 aromatic rings. The van der Waals surface area contributed by atoms with Crippen molar-refractivity contribution in [3.05, 3.63) is 83.2 Å². The largest absolute Gasteiger partial charge is 0.434 e. The van der Waals surface area contributed by atoms with Gasteiger partial charge >= 0.3 is 5.69 Å². The topological polar surface area (TPSA) is 149 Å². The highest BCUT2D eigenvalue weighted by Crippen LogP contribution is 2.38. The number of nitrogen functional groups attached to an aromatic ring is 1. The van der Waals surface area contributed by atoms with E-state index in [-0.39, 0.29) is 27.4 Å². The molecule has 0 fully saturated rings. The average Bonchev–Trinajstić information content (AvgIpc) is 2.73. The van der Waals surface area contributed by atoms with Crippen molar-refractivity contribution >= 4 is 46.2 Å². The van der Waals surface area contributed by atoms with E-state index < -0.39 is 27.5 Å². The van der Waals surface area contributed by atoms with Crippen LogP contribution in [0.1, 0.15) is 18.9 Å². The molecule has 0 spiro atoms. The van der Waals surface area contributed by atoms with Crippen LogP contribution in [-0.4, -0.2) is 29.8 Å². The van der Waals surface area contributed by atoms with Crippen LogP contribution in [0, 0.1) is 0 Å². The first-order valence-corrected chi connectivity index (χ1v) is 10.5. The minimum Gasteiger partial charge on any atom is -0.434 e. The SMILES string of the molecule is CC1(Cl)C=CC=C(c2cc(Oc3c(Cl)cc(-n4nc(N)c(=O)[nH]c4=O)cc3Cl)n[nH]c2=O)C1. The quantitative estimate of drug-likeness (QED) is 0.458. The molecule has 2 heterocycles. The van der Waals surface area contributed by atoms with Crippen molar-refractivity contribution in [3.8, 4) is 17.3 Å². The number of anilines is 1. The van der Waals surface area contributed by atoms with Crippen LogP contribution in [0.4, 0.5) is 5.82 Å². The van der Waals surface area contributed by atoms with Crippen LogP contribution in [0.2, 0.25) is 10.0 Å². The molecule has 4 rings (SSSR count). The molecule has 170 valence electrons. The summed E-state index contributed by atoms with van der Waals surface area (Å²) in [5.41, 5.74) is 4.60. The van der Waals surface area contributed by atoms with Crippen molar-refractivity contribution in [2.75, 3.05) is 5.73 Å².